The van der Waals surface area contributed by atoms with Gasteiger partial charge in [-0.25, -0.2) is 4.79 Å². The van der Waals surface area contributed by atoms with E-state index in [-0.39, 0.29) is 29.7 Å². The molecule has 0 fully saturated rings. The Morgan fingerprint density at radius 2 is 2.00 bits per heavy atom. The zero-order chi connectivity index (χ0) is 15.0. The Hall–Kier alpha value is -2.47. The molecule has 21 heavy (non-hydrogen) atoms. The highest BCUT2D eigenvalue weighted by Gasteiger charge is 2.31. The standard InChI is InChI=1S/C15H11NO4S/c17-12-7-9-3-1-2-4-11(9)14(18)16(12)8-10-5-6-21-13(10)15(19)20/h1-6H,7-8H2,(H,19,20). The number of carbonyl (C=O) groups is 3. The molecule has 2 aromatic rings. The zero-order valence-electron chi connectivity index (χ0n) is 10.9. The Morgan fingerprint density at radius 1 is 1.24 bits per heavy atom. The Kier molecular flexibility index (Phi) is 3.31. The van der Waals surface area contributed by atoms with E-state index < -0.39 is 5.97 Å². The number of hydrogen-bond donors (Lipinski definition) is 1. The smallest absolute Gasteiger partial charge is 0.346 e. The second kappa shape index (κ2) is 5.14. The molecule has 1 aliphatic heterocycles. The van der Waals surface area contributed by atoms with Crippen LogP contribution in [0, 0.1) is 0 Å². The highest BCUT2D eigenvalue weighted by Crippen LogP contribution is 2.24. The zero-order valence-corrected chi connectivity index (χ0v) is 11.7. The summed E-state index contributed by atoms with van der Waals surface area (Å²) in [5.41, 5.74) is 1.70. The Morgan fingerprint density at radius 3 is 2.76 bits per heavy atom. The van der Waals surface area contributed by atoms with Crippen molar-refractivity contribution in [2.75, 3.05) is 0 Å². The molecule has 2 heterocycles. The van der Waals surface area contributed by atoms with E-state index in [1.807, 2.05) is 0 Å². The van der Waals surface area contributed by atoms with Crippen LogP contribution in [0.2, 0.25) is 0 Å². The van der Waals surface area contributed by atoms with Crippen molar-refractivity contribution < 1.29 is 19.5 Å². The highest BCUT2D eigenvalue weighted by molar-refractivity contribution is 7.12. The molecule has 0 spiro atoms. The second-order valence-electron chi connectivity index (χ2n) is 4.70. The van der Waals surface area contributed by atoms with Crippen LogP contribution in [0.1, 0.15) is 31.2 Å². The number of carboxylic acid groups (broad SMARTS) is 1. The Labute approximate surface area is 124 Å². The predicted molar refractivity (Wildman–Crippen MR) is 76.3 cm³/mol. The van der Waals surface area contributed by atoms with Gasteiger partial charge in [0, 0.05) is 5.56 Å². The third-order valence-corrected chi connectivity index (χ3v) is 4.35. The van der Waals surface area contributed by atoms with E-state index in [0.29, 0.717) is 16.7 Å². The minimum Gasteiger partial charge on any atom is -0.477 e. The maximum atomic E-state index is 12.4. The van der Waals surface area contributed by atoms with Crippen LogP contribution in [0.3, 0.4) is 0 Å². The fraction of sp³-hybridized carbons (Fsp3) is 0.133. The first-order valence-electron chi connectivity index (χ1n) is 6.30. The quantitative estimate of drug-likeness (QED) is 0.882. The van der Waals surface area contributed by atoms with E-state index in [4.69, 9.17) is 5.11 Å². The van der Waals surface area contributed by atoms with Gasteiger partial charge in [0.1, 0.15) is 4.88 Å². The lowest BCUT2D eigenvalue weighted by Gasteiger charge is -2.26. The summed E-state index contributed by atoms with van der Waals surface area (Å²) in [6.07, 6.45) is 0.161. The summed E-state index contributed by atoms with van der Waals surface area (Å²) >= 11 is 1.09. The molecular weight excluding hydrogens is 290 g/mol. The third-order valence-electron chi connectivity index (χ3n) is 3.41. The third kappa shape index (κ3) is 2.34. The Balaban J connectivity index is 1.93. The van der Waals surface area contributed by atoms with Crippen LogP contribution < -0.4 is 0 Å². The molecule has 1 aromatic carbocycles. The van der Waals surface area contributed by atoms with Gasteiger partial charge in [0.25, 0.3) is 5.91 Å². The van der Waals surface area contributed by atoms with E-state index in [9.17, 15) is 14.4 Å². The summed E-state index contributed by atoms with van der Waals surface area (Å²) in [6.45, 7) is -0.00284. The number of carbonyl (C=O) groups excluding carboxylic acids is 2. The van der Waals surface area contributed by atoms with E-state index in [1.165, 1.54) is 0 Å². The molecule has 0 saturated heterocycles. The predicted octanol–water partition coefficient (Wildman–Crippen LogP) is 2.17. The lowest BCUT2D eigenvalue weighted by molar-refractivity contribution is -0.128. The first kappa shape index (κ1) is 13.5. The van der Waals surface area contributed by atoms with E-state index in [0.717, 1.165) is 16.2 Å². The maximum Gasteiger partial charge on any atom is 0.346 e. The topological polar surface area (TPSA) is 74.7 Å². The van der Waals surface area contributed by atoms with Crippen LogP contribution in [-0.2, 0) is 17.8 Å². The first-order valence-corrected chi connectivity index (χ1v) is 7.18. The number of hydrogen-bond acceptors (Lipinski definition) is 4. The number of nitrogens with zero attached hydrogens (tertiary/aromatic N) is 1. The maximum absolute atomic E-state index is 12.4. The van der Waals surface area contributed by atoms with Crippen LogP contribution >= 0.6 is 11.3 Å². The highest BCUT2D eigenvalue weighted by atomic mass is 32.1. The number of fused-ring (bicyclic) bond motifs is 1. The van der Waals surface area contributed by atoms with Gasteiger partial charge in [-0.15, -0.1) is 11.3 Å². The van der Waals surface area contributed by atoms with Crippen molar-refractivity contribution in [3.05, 3.63) is 57.3 Å². The van der Waals surface area contributed by atoms with Crippen molar-refractivity contribution in [3.8, 4) is 0 Å². The summed E-state index contributed by atoms with van der Waals surface area (Å²) in [5.74, 6) is -1.72. The molecule has 0 aliphatic carbocycles. The van der Waals surface area contributed by atoms with Gasteiger partial charge in [0.2, 0.25) is 5.91 Å². The summed E-state index contributed by atoms with van der Waals surface area (Å²) < 4.78 is 0. The lowest BCUT2D eigenvalue weighted by Crippen LogP contribution is -2.41. The molecule has 106 valence electrons. The monoisotopic (exact) mass is 301 g/mol. The molecule has 0 radical (unpaired) electrons. The van der Waals surface area contributed by atoms with E-state index in [1.54, 1.807) is 35.7 Å². The van der Waals surface area contributed by atoms with Crippen LogP contribution in [0.4, 0.5) is 0 Å². The van der Waals surface area contributed by atoms with E-state index in [2.05, 4.69) is 0 Å². The van der Waals surface area contributed by atoms with Crippen LogP contribution in [0.5, 0.6) is 0 Å². The van der Waals surface area contributed by atoms with Crippen molar-refractivity contribution in [1.82, 2.24) is 4.90 Å². The molecule has 0 atom stereocenters. The largest absolute Gasteiger partial charge is 0.477 e. The molecule has 1 aliphatic rings. The SMILES string of the molecule is O=C(O)c1sccc1CN1C(=O)Cc2ccccc2C1=O. The molecule has 0 unspecified atom stereocenters. The summed E-state index contributed by atoms with van der Waals surface area (Å²) in [6, 6.07) is 8.61. The number of aromatic carboxylic acids is 1. The number of carboxylic acids is 1. The molecule has 2 amide bonds. The number of benzene rings is 1. The number of imide groups is 1. The van der Waals surface area contributed by atoms with E-state index >= 15 is 0 Å². The summed E-state index contributed by atoms with van der Waals surface area (Å²) in [7, 11) is 0. The second-order valence-corrected chi connectivity index (χ2v) is 5.62. The molecule has 1 N–H and O–H groups in total. The number of thiophene rings is 1. The minimum absolute atomic E-state index is 0.00284. The fourth-order valence-electron chi connectivity index (χ4n) is 2.38. The molecular formula is C15H11NO4S. The van der Waals surface area contributed by atoms with Crippen molar-refractivity contribution in [2.45, 2.75) is 13.0 Å². The Bertz CT molecular complexity index is 750. The van der Waals surface area contributed by atoms with Crippen LogP contribution in [-0.4, -0.2) is 27.8 Å². The average Bonchev–Trinajstić information content (AvgIpc) is 2.92. The molecule has 5 nitrogen and oxygen atoms in total. The summed E-state index contributed by atoms with van der Waals surface area (Å²) in [4.78, 5) is 36.9. The summed E-state index contributed by atoms with van der Waals surface area (Å²) in [5, 5.41) is 10.7. The normalized spacial score (nSPS) is 14.2. The molecule has 6 heteroatoms. The van der Waals surface area contributed by atoms with Gasteiger partial charge in [-0.1, -0.05) is 18.2 Å². The minimum atomic E-state index is -1.04. The average molecular weight is 301 g/mol. The van der Waals surface area contributed by atoms with Crippen molar-refractivity contribution in [2.24, 2.45) is 0 Å². The molecule has 1 aromatic heterocycles. The van der Waals surface area contributed by atoms with Crippen LogP contribution in [0.15, 0.2) is 35.7 Å². The van der Waals surface area contributed by atoms with Crippen LogP contribution in [0.25, 0.3) is 0 Å². The van der Waals surface area contributed by atoms with Gasteiger partial charge < -0.3 is 5.11 Å². The number of amides is 2. The van der Waals surface area contributed by atoms with Gasteiger partial charge >= 0.3 is 5.97 Å². The molecule has 0 bridgehead atoms. The first-order chi connectivity index (χ1) is 10.1. The van der Waals surface area contributed by atoms with Gasteiger partial charge in [-0.05, 0) is 28.6 Å². The number of rotatable bonds is 3. The lowest BCUT2D eigenvalue weighted by atomic mass is 9.98. The molecule has 0 saturated carbocycles. The van der Waals surface area contributed by atoms with Crippen molar-refractivity contribution in [3.63, 3.8) is 0 Å². The van der Waals surface area contributed by atoms with Gasteiger partial charge in [-0.3, -0.25) is 14.5 Å². The van der Waals surface area contributed by atoms with Crippen molar-refractivity contribution >= 4 is 29.1 Å². The molecule has 3 rings (SSSR count). The van der Waals surface area contributed by atoms with Crippen molar-refractivity contribution in [1.29, 1.82) is 0 Å². The van der Waals surface area contributed by atoms with Gasteiger partial charge in [-0.2, -0.15) is 0 Å². The van der Waals surface area contributed by atoms with Gasteiger partial charge in [0.05, 0.1) is 13.0 Å². The van der Waals surface area contributed by atoms with Gasteiger partial charge in [0.15, 0.2) is 0 Å². The fourth-order valence-corrected chi connectivity index (χ4v) is 3.13.